The molecule has 0 aliphatic carbocycles. The molecule has 1 atom stereocenters. The second kappa shape index (κ2) is 5.72. The number of aryl methyl sites for hydroxylation is 1. The van der Waals surface area contributed by atoms with Crippen molar-refractivity contribution in [1.29, 1.82) is 5.26 Å². The number of hydrogen-bond acceptors (Lipinski definition) is 2. The number of nitrogens with one attached hydrogen (secondary N) is 1. The Morgan fingerprint density at radius 1 is 1.44 bits per heavy atom. The van der Waals surface area contributed by atoms with Crippen LogP contribution in [0.4, 0.5) is 0 Å². The summed E-state index contributed by atoms with van der Waals surface area (Å²) in [6.45, 7) is 7.50. The van der Waals surface area contributed by atoms with Crippen molar-refractivity contribution in [2.75, 3.05) is 0 Å². The fraction of sp³-hybridized carbons (Fsp3) is 0.615. The minimum Gasteiger partial charge on any atom is -0.342 e. The van der Waals surface area contributed by atoms with E-state index in [2.05, 4.69) is 32.2 Å². The molecule has 0 spiro atoms. The average Bonchev–Trinajstić information content (AvgIpc) is 2.55. The number of rotatable bonds is 5. The van der Waals surface area contributed by atoms with Crippen LogP contribution in [0.15, 0.2) is 12.3 Å². The van der Waals surface area contributed by atoms with Crippen LogP contribution in [0.1, 0.15) is 38.4 Å². The van der Waals surface area contributed by atoms with E-state index < -0.39 is 0 Å². The number of nitrogens with zero attached hydrogens (tertiary/aromatic N) is 2. The Kier molecular flexibility index (Phi) is 4.57. The number of hydrogen-bond donors (Lipinski definition) is 1. The van der Waals surface area contributed by atoms with E-state index >= 15 is 0 Å². The van der Waals surface area contributed by atoms with Gasteiger partial charge in [0.25, 0.3) is 0 Å². The van der Waals surface area contributed by atoms with Crippen LogP contribution in [0, 0.1) is 17.2 Å². The molecule has 0 aromatic carbocycles. The van der Waals surface area contributed by atoms with E-state index in [9.17, 15) is 0 Å². The summed E-state index contributed by atoms with van der Waals surface area (Å²) in [6, 6.07) is 4.63. The fourth-order valence-corrected chi connectivity index (χ4v) is 1.92. The highest BCUT2D eigenvalue weighted by Gasteiger charge is 2.06. The lowest BCUT2D eigenvalue weighted by atomic mass is 10.1. The van der Waals surface area contributed by atoms with Crippen LogP contribution in [0.25, 0.3) is 0 Å². The SMILES string of the molecule is CC(C)CC(C)NCc1cc(C#N)n(C)c1. The smallest absolute Gasteiger partial charge is 0.120 e. The third-order valence-electron chi connectivity index (χ3n) is 2.66. The molecule has 0 fully saturated rings. The summed E-state index contributed by atoms with van der Waals surface area (Å²) >= 11 is 0. The van der Waals surface area contributed by atoms with Crippen LogP contribution in [-0.2, 0) is 13.6 Å². The average molecular weight is 219 g/mol. The Labute approximate surface area is 98.1 Å². The zero-order chi connectivity index (χ0) is 12.1. The van der Waals surface area contributed by atoms with Gasteiger partial charge in [0, 0.05) is 25.8 Å². The molecule has 3 heteroatoms. The summed E-state index contributed by atoms with van der Waals surface area (Å²) in [5.41, 5.74) is 1.89. The number of nitriles is 1. The van der Waals surface area contributed by atoms with Crippen molar-refractivity contribution in [2.45, 2.75) is 39.8 Å². The summed E-state index contributed by atoms with van der Waals surface area (Å²) in [5, 5.41) is 12.3. The van der Waals surface area contributed by atoms with Gasteiger partial charge in [0.1, 0.15) is 11.8 Å². The van der Waals surface area contributed by atoms with Crippen molar-refractivity contribution in [2.24, 2.45) is 13.0 Å². The highest BCUT2D eigenvalue weighted by atomic mass is 14.9. The Balaban J connectivity index is 2.46. The van der Waals surface area contributed by atoms with Crippen molar-refractivity contribution >= 4 is 0 Å². The van der Waals surface area contributed by atoms with Gasteiger partial charge in [-0.3, -0.25) is 0 Å². The Morgan fingerprint density at radius 2 is 2.12 bits per heavy atom. The molecule has 0 saturated heterocycles. The van der Waals surface area contributed by atoms with Gasteiger partial charge in [0.15, 0.2) is 0 Å². The first-order valence-electron chi connectivity index (χ1n) is 5.81. The van der Waals surface area contributed by atoms with E-state index in [1.54, 1.807) is 0 Å². The molecule has 1 unspecified atom stereocenters. The lowest BCUT2D eigenvalue weighted by Crippen LogP contribution is -2.26. The molecule has 3 nitrogen and oxygen atoms in total. The van der Waals surface area contributed by atoms with Gasteiger partial charge in [0.05, 0.1) is 0 Å². The van der Waals surface area contributed by atoms with Crippen molar-refractivity contribution < 1.29 is 0 Å². The molecular formula is C13H21N3. The minimum atomic E-state index is 0.519. The summed E-state index contributed by atoms with van der Waals surface area (Å²) < 4.78 is 1.87. The van der Waals surface area contributed by atoms with E-state index in [1.165, 1.54) is 12.0 Å². The first-order valence-corrected chi connectivity index (χ1v) is 5.81. The second-order valence-electron chi connectivity index (χ2n) is 4.87. The summed E-state index contributed by atoms with van der Waals surface area (Å²) in [7, 11) is 1.90. The van der Waals surface area contributed by atoms with E-state index in [1.807, 2.05) is 23.9 Å². The molecule has 88 valence electrons. The zero-order valence-electron chi connectivity index (χ0n) is 10.6. The third-order valence-corrected chi connectivity index (χ3v) is 2.66. The molecule has 1 heterocycles. The Morgan fingerprint density at radius 3 is 2.62 bits per heavy atom. The van der Waals surface area contributed by atoms with Gasteiger partial charge < -0.3 is 9.88 Å². The largest absolute Gasteiger partial charge is 0.342 e. The maximum atomic E-state index is 8.84. The summed E-state index contributed by atoms with van der Waals surface area (Å²) in [5.74, 6) is 0.716. The topological polar surface area (TPSA) is 40.8 Å². The van der Waals surface area contributed by atoms with E-state index in [0.29, 0.717) is 17.7 Å². The van der Waals surface area contributed by atoms with Crippen LogP contribution in [0.3, 0.4) is 0 Å². The summed E-state index contributed by atoms with van der Waals surface area (Å²) in [4.78, 5) is 0. The molecule has 0 radical (unpaired) electrons. The van der Waals surface area contributed by atoms with Crippen molar-refractivity contribution in [3.63, 3.8) is 0 Å². The normalized spacial score (nSPS) is 12.8. The van der Waals surface area contributed by atoms with Gasteiger partial charge in [-0.25, -0.2) is 0 Å². The van der Waals surface area contributed by atoms with E-state index in [4.69, 9.17) is 5.26 Å². The fourth-order valence-electron chi connectivity index (χ4n) is 1.92. The van der Waals surface area contributed by atoms with Gasteiger partial charge in [-0.15, -0.1) is 0 Å². The minimum absolute atomic E-state index is 0.519. The van der Waals surface area contributed by atoms with E-state index in [-0.39, 0.29) is 0 Å². The molecule has 0 bridgehead atoms. The first kappa shape index (κ1) is 12.8. The monoisotopic (exact) mass is 219 g/mol. The molecule has 16 heavy (non-hydrogen) atoms. The second-order valence-corrected chi connectivity index (χ2v) is 4.87. The van der Waals surface area contributed by atoms with Crippen LogP contribution < -0.4 is 5.32 Å². The lowest BCUT2D eigenvalue weighted by molar-refractivity contribution is 0.441. The Bertz CT molecular complexity index is 371. The molecule has 1 N–H and O–H groups in total. The lowest BCUT2D eigenvalue weighted by Gasteiger charge is -2.15. The van der Waals surface area contributed by atoms with Crippen molar-refractivity contribution in [1.82, 2.24) is 9.88 Å². The van der Waals surface area contributed by atoms with Gasteiger partial charge in [-0.05, 0) is 30.9 Å². The van der Waals surface area contributed by atoms with Gasteiger partial charge in [-0.2, -0.15) is 5.26 Å². The van der Waals surface area contributed by atoms with Crippen LogP contribution in [-0.4, -0.2) is 10.6 Å². The first-order chi connectivity index (χ1) is 7.52. The maximum absolute atomic E-state index is 8.84. The van der Waals surface area contributed by atoms with Crippen molar-refractivity contribution in [3.05, 3.63) is 23.5 Å². The van der Waals surface area contributed by atoms with Gasteiger partial charge >= 0.3 is 0 Å². The highest BCUT2D eigenvalue weighted by molar-refractivity contribution is 5.28. The predicted molar refractivity (Wildman–Crippen MR) is 65.9 cm³/mol. The van der Waals surface area contributed by atoms with Crippen LogP contribution in [0.2, 0.25) is 0 Å². The molecule has 0 aliphatic heterocycles. The quantitative estimate of drug-likeness (QED) is 0.826. The standard InChI is InChI=1S/C13H21N3/c1-10(2)5-11(3)15-8-12-6-13(7-14)16(4)9-12/h6,9-11,15H,5,8H2,1-4H3. The maximum Gasteiger partial charge on any atom is 0.120 e. The van der Waals surface area contributed by atoms with E-state index in [0.717, 1.165) is 6.54 Å². The van der Waals surface area contributed by atoms with Crippen LogP contribution >= 0.6 is 0 Å². The molecule has 0 aliphatic rings. The van der Waals surface area contributed by atoms with Crippen LogP contribution in [0.5, 0.6) is 0 Å². The molecule has 1 aromatic rings. The highest BCUT2D eigenvalue weighted by Crippen LogP contribution is 2.08. The predicted octanol–water partition coefficient (Wildman–Crippen LogP) is 2.42. The Hall–Kier alpha value is -1.27. The molecule has 1 rings (SSSR count). The molecule has 1 aromatic heterocycles. The van der Waals surface area contributed by atoms with Gasteiger partial charge in [-0.1, -0.05) is 13.8 Å². The van der Waals surface area contributed by atoms with Crippen molar-refractivity contribution in [3.8, 4) is 6.07 Å². The molecular weight excluding hydrogens is 198 g/mol. The summed E-state index contributed by atoms with van der Waals surface area (Å²) in [6.07, 6.45) is 3.19. The molecule has 0 amide bonds. The van der Waals surface area contributed by atoms with Gasteiger partial charge in [0.2, 0.25) is 0 Å². The number of aromatic nitrogens is 1. The third kappa shape index (κ3) is 3.71. The zero-order valence-corrected chi connectivity index (χ0v) is 10.6. The molecule has 0 saturated carbocycles.